The summed E-state index contributed by atoms with van der Waals surface area (Å²) in [7, 11) is -1.57. The molecular weight excluding hydrogens is 331 g/mol. The van der Waals surface area contributed by atoms with E-state index in [1.165, 1.54) is 36.2 Å². The highest BCUT2D eigenvalue weighted by molar-refractivity contribution is 7.91. The molecule has 0 bridgehead atoms. The van der Waals surface area contributed by atoms with Gasteiger partial charge in [0.05, 0.1) is 17.1 Å². The van der Waals surface area contributed by atoms with Crippen LogP contribution in [0.15, 0.2) is 30.3 Å². The molecule has 0 saturated carbocycles. The van der Waals surface area contributed by atoms with Crippen molar-refractivity contribution in [2.45, 2.75) is 18.6 Å². The van der Waals surface area contributed by atoms with Crippen LogP contribution < -0.4 is 0 Å². The summed E-state index contributed by atoms with van der Waals surface area (Å²) in [6.07, 6.45) is -1.36. The number of halogens is 3. The van der Waals surface area contributed by atoms with E-state index in [4.69, 9.17) is 0 Å². The van der Waals surface area contributed by atoms with Gasteiger partial charge in [-0.25, -0.2) is 8.42 Å². The second-order valence-electron chi connectivity index (χ2n) is 5.46. The van der Waals surface area contributed by atoms with Crippen LogP contribution in [0.4, 0.5) is 13.2 Å². The Morgan fingerprint density at radius 1 is 1.26 bits per heavy atom. The van der Waals surface area contributed by atoms with Crippen LogP contribution in [0.3, 0.4) is 0 Å². The summed E-state index contributed by atoms with van der Waals surface area (Å²) < 4.78 is 60.2. The minimum Gasteiger partial charge on any atom is -0.338 e. The first kappa shape index (κ1) is 17.5. The van der Waals surface area contributed by atoms with Gasteiger partial charge in [-0.1, -0.05) is 12.1 Å². The number of nitrogens with zero attached hydrogens (tertiary/aromatic N) is 1. The van der Waals surface area contributed by atoms with Gasteiger partial charge in [0.25, 0.3) is 0 Å². The Hall–Kier alpha value is -1.83. The molecule has 1 aliphatic heterocycles. The van der Waals surface area contributed by atoms with E-state index in [9.17, 15) is 26.4 Å². The van der Waals surface area contributed by atoms with Gasteiger partial charge in [-0.05, 0) is 30.2 Å². The summed E-state index contributed by atoms with van der Waals surface area (Å²) in [5, 5.41) is 0. The van der Waals surface area contributed by atoms with Gasteiger partial charge >= 0.3 is 6.18 Å². The zero-order valence-corrected chi connectivity index (χ0v) is 13.2. The number of likely N-dealkylation sites (N-methyl/N-ethyl adjacent to an activating group) is 1. The van der Waals surface area contributed by atoms with Crippen LogP contribution in [0.2, 0.25) is 0 Å². The van der Waals surface area contributed by atoms with Crippen LogP contribution in [0.1, 0.15) is 17.5 Å². The molecule has 1 unspecified atom stereocenters. The number of hydrogen-bond donors (Lipinski definition) is 0. The Morgan fingerprint density at radius 2 is 1.87 bits per heavy atom. The van der Waals surface area contributed by atoms with E-state index >= 15 is 0 Å². The number of rotatable bonds is 3. The lowest BCUT2D eigenvalue weighted by molar-refractivity contribution is -0.137. The standard InChI is InChI=1S/C15H16F3NO3S/c1-19(13-8-9-23(21,22)10-13)14(20)7-4-11-2-5-12(6-3-11)15(16,17)18/h2-7,13H,8-10H2,1H3/b7-4+. The molecule has 1 aliphatic rings. The van der Waals surface area contributed by atoms with Gasteiger partial charge in [-0.2, -0.15) is 13.2 Å². The van der Waals surface area contributed by atoms with E-state index in [1.54, 1.807) is 0 Å². The first-order valence-electron chi connectivity index (χ1n) is 6.91. The van der Waals surface area contributed by atoms with Crippen LogP contribution in [-0.4, -0.2) is 43.8 Å². The fourth-order valence-electron chi connectivity index (χ4n) is 2.33. The van der Waals surface area contributed by atoms with Gasteiger partial charge in [-0.15, -0.1) is 0 Å². The highest BCUT2D eigenvalue weighted by Gasteiger charge is 2.32. The second kappa shape index (κ2) is 6.35. The molecule has 4 nitrogen and oxygen atoms in total. The van der Waals surface area contributed by atoms with Crippen LogP contribution in [0.5, 0.6) is 0 Å². The number of benzene rings is 1. The van der Waals surface area contributed by atoms with Crippen molar-refractivity contribution in [2.75, 3.05) is 18.6 Å². The summed E-state index contributed by atoms with van der Waals surface area (Å²) in [4.78, 5) is 13.4. The quantitative estimate of drug-likeness (QED) is 0.789. The molecule has 0 aliphatic carbocycles. The normalized spacial score (nSPS) is 20.8. The van der Waals surface area contributed by atoms with Crippen molar-refractivity contribution in [2.24, 2.45) is 0 Å². The summed E-state index contributed by atoms with van der Waals surface area (Å²) in [6, 6.07) is 4.07. The zero-order chi connectivity index (χ0) is 17.3. The molecule has 2 rings (SSSR count). The number of sulfone groups is 1. The van der Waals surface area contributed by atoms with Crippen molar-refractivity contribution in [1.29, 1.82) is 0 Å². The van der Waals surface area contributed by atoms with Crippen LogP contribution >= 0.6 is 0 Å². The molecule has 0 N–H and O–H groups in total. The van der Waals surface area contributed by atoms with Crippen molar-refractivity contribution in [3.8, 4) is 0 Å². The third kappa shape index (κ3) is 4.57. The molecule has 126 valence electrons. The van der Waals surface area contributed by atoms with Crippen LogP contribution in [0.25, 0.3) is 6.08 Å². The largest absolute Gasteiger partial charge is 0.416 e. The lowest BCUT2D eigenvalue weighted by atomic mass is 10.1. The molecule has 1 aromatic carbocycles. The third-order valence-corrected chi connectivity index (χ3v) is 5.51. The minimum absolute atomic E-state index is 0.0522. The minimum atomic E-state index is -4.40. The SMILES string of the molecule is CN(C(=O)/C=C/c1ccc(C(F)(F)F)cc1)C1CCS(=O)(=O)C1. The Bertz CT molecular complexity index is 708. The maximum Gasteiger partial charge on any atom is 0.416 e. The molecule has 1 heterocycles. The number of alkyl halides is 3. The van der Waals surface area contributed by atoms with E-state index < -0.39 is 21.6 Å². The Morgan fingerprint density at radius 3 is 2.35 bits per heavy atom. The van der Waals surface area contributed by atoms with Gasteiger partial charge < -0.3 is 4.90 Å². The van der Waals surface area contributed by atoms with E-state index in [1.807, 2.05) is 0 Å². The molecule has 0 spiro atoms. The maximum atomic E-state index is 12.4. The lowest BCUT2D eigenvalue weighted by Gasteiger charge is -2.21. The van der Waals surface area contributed by atoms with Crippen LogP contribution in [-0.2, 0) is 20.8 Å². The Balaban J connectivity index is 2.01. The summed E-state index contributed by atoms with van der Waals surface area (Å²) >= 11 is 0. The van der Waals surface area contributed by atoms with Crippen molar-refractivity contribution < 1.29 is 26.4 Å². The van der Waals surface area contributed by atoms with Crippen molar-refractivity contribution in [1.82, 2.24) is 4.90 Å². The smallest absolute Gasteiger partial charge is 0.338 e. The summed E-state index contributed by atoms with van der Waals surface area (Å²) in [5.74, 6) is -0.367. The van der Waals surface area contributed by atoms with Gasteiger partial charge in [0.2, 0.25) is 5.91 Å². The molecule has 1 atom stereocenters. The number of hydrogen-bond acceptors (Lipinski definition) is 3. The van der Waals surface area contributed by atoms with Crippen molar-refractivity contribution >= 4 is 21.8 Å². The van der Waals surface area contributed by atoms with Gasteiger partial charge in [0, 0.05) is 19.2 Å². The average molecular weight is 347 g/mol. The highest BCUT2D eigenvalue weighted by atomic mass is 32.2. The predicted octanol–water partition coefficient (Wildman–Crippen LogP) is 2.36. The number of amides is 1. The van der Waals surface area contributed by atoms with Crippen molar-refractivity contribution in [3.63, 3.8) is 0 Å². The van der Waals surface area contributed by atoms with Gasteiger partial charge in [0.1, 0.15) is 0 Å². The predicted molar refractivity (Wildman–Crippen MR) is 80.3 cm³/mol. The monoisotopic (exact) mass is 347 g/mol. The maximum absolute atomic E-state index is 12.4. The highest BCUT2D eigenvalue weighted by Crippen LogP contribution is 2.29. The molecule has 0 radical (unpaired) electrons. The second-order valence-corrected chi connectivity index (χ2v) is 7.69. The molecule has 23 heavy (non-hydrogen) atoms. The molecule has 8 heteroatoms. The summed E-state index contributed by atoms with van der Waals surface area (Å²) in [6.45, 7) is 0. The molecular formula is C15H16F3NO3S. The number of carbonyl (C=O) groups excluding carboxylic acids is 1. The van der Waals surface area contributed by atoms with Gasteiger partial charge in [-0.3, -0.25) is 4.79 Å². The van der Waals surface area contributed by atoms with E-state index in [0.29, 0.717) is 12.0 Å². The lowest BCUT2D eigenvalue weighted by Crippen LogP contribution is -2.36. The Labute approximate surface area is 132 Å². The van der Waals surface area contributed by atoms with E-state index in [-0.39, 0.29) is 23.5 Å². The Kier molecular flexibility index (Phi) is 4.84. The first-order valence-corrected chi connectivity index (χ1v) is 8.73. The molecule has 0 aromatic heterocycles. The van der Waals surface area contributed by atoms with Gasteiger partial charge in [0.15, 0.2) is 9.84 Å². The summed E-state index contributed by atoms with van der Waals surface area (Å²) in [5.41, 5.74) is -0.298. The zero-order valence-electron chi connectivity index (χ0n) is 12.4. The van der Waals surface area contributed by atoms with Crippen LogP contribution in [0, 0.1) is 0 Å². The topological polar surface area (TPSA) is 54.5 Å². The molecule has 1 aromatic rings. The molecule has 1 amide bonds. The third-order valence-electron chi connectivity index (χ3n) is 3.76. The first-order chi connectivity index (χ1) is 10.6. The molecule has 1 fully saturated rings. The molecule has 1 saturated heterocycles. The van der Waals surface area contributed by atoms with E-state index in [0.717, 1.165) is 12.1 Å². The van der Waals surface area contributed by atoms with E-state index in [2.05, 4.69) is 0 Å². The van der Waals surface area contributed by atoms with Crippen molar-refractivity contribution in [3.05, 3.63) is 41.5 Å². The number of carbonyl (C=O) groups is 1. The fourth-order valence-corrected chi connectivity index (χ4v) is 4.10. The average Bonchev–Trinajstić information content (AvgIpc) is 2.83. The fraction of sp³-hybridized carbons (Fsp3) is 0.400.